The number of nitrogens with zero attached hydrogens (tertiary/aromatic N) is 2. The number of rotatable bonds is 1. The Morgan fingerprint density at radius 1 is 1.19 bits per heavy atom. The van der Waals surface area contributed by atoms with E-state index in [2.05, 4.69) is 32.8 Å². The quantitative estimate of drug-likeness (QED) is 0.666. The molecule has 1 aliphatic rings. The molecule has 1 aromatic rings. The summed E-state index contributed by atoms with van der Waals surface area (Å²) in [6, 6.07) is 0. The van der Waals surface area contributed by atoms with Crippen molar-refractivity contribution in [3.05, 3.63) is 11.9 Å². The van der Waals surface area contributed by atoms with Gasteiger partial charge in [-0.15, -0.1) is 0 Å². The maximum absolute atomic E-state index is 5.97. The summed E-state index contributed by atoms with van der Waals surface area (Å²) >= 11 is 0. The zero-order valence-electron chi connectivity index (χ0n) is 10.9. The van der Waals surface area contributed by atoms with Crippen LogP contribution in [0.3, 0.4) is 0 Å². The molecule has 1 fully saturated rings. The predicted molar refractivity (Wildman–Crippen MR) is 63.7 cm³/mol. The highest BCUT2D eigenvalue weighted by atomic mass is 16.7. The number of aryl methyl sites for hydroxylation is 1. The molecule has 0 bridgehead atoms. The van der Waals surface area contributed by atoms with Gasteiger partial charge in [-0.25, -0.2) is 0 Å². The fourth-order valence-corrected chi connectivity index (χ4v) is 1.72. The summed E-state index contributed by atoms with van der Waals surface area (Å²) in [5.74, 6) is 0. The lowest BCUT2D eigenvalue weighted by molar-refractivity contribution is 0.00578. The molecule has 0 amide bonds. The van der Waals surface area contributed by atoms with E-state index in [1.807, 2.05) is 24.9 Å². The van der Waals surface area contributed by atoms with Crippen LogP contribution in [-0.4, -0.2) is 28.1 Å². The van der Waals surface area contributed by atoms with Crippen LogP contribution >= 0.6 is 0 Å². The van der Waals surface area contributed by atoms with Crippen molar-refractivity contribution in [2.24, 2.45) is 7.05 Å². The second-order valence-electron chi connectivity index (χ2n) is 5.40. The molecule has 0 saturated carbocycles. The first-order chi connectivity index (χ1) is 7.24. The van der Waals surface area contributed by atoms with E-state index in [1.165, 1.54) is 0 Å². The molecule has 0 N–H and O–H groups in total. The molecule has 2 rings (SSSR count). The third-order valence-electron chi connectivity index (χ3n) is 3.78. The van der Waals surface area contributed by atoms with Gasteiger partial charge in [-0.05, 0) is 34.6 Å². The molecular weight excluding hydrogens is 203 g/mol. The van der Waals surface area contributed by atoms with Crippen molar-refractivity contribution in [3.8, 4) is 0 Å². The summed E-state index contributed by atoms with van der Waals surface area (Å²) in [6.45, 7) is 10.2. The average Bonchev–Trinajstić information content (AvgIpc) is 2.54. The highest BCUT2D eigenvalue weighted by Gasteiger charge is 2.52. The Balaban J connectivity index is 2.30. The average molecular weight is 222 g/mol. The molecule has 0 radical (unpaired) electrons. The Morgan fingerprint density at radius 3 is 2.06 bits per heavy atom. The molecule has 0 aromatic carbocycles. The van der Waals surface area contributed by atoms with Crippen LogP contribution in [0, 0.1) is 6.92 Å². The highest BCUT2D eigenvalue weighted by Crippen LogP contribution is 2.36. The smallest absolute Gasteiger partial charge is 0.399 e. The first-order valence-corrected chi connectivity index (χ1v) is 5.59. The molecule has 5 heteroatoms. The lowest BCUT2D eigenvalue weighted by Gasteiger charge is -2.32. The normalized spacial score (nSPS) is 22.8. The van der Waals surface area contributed by atoms with Crippen molar-refractivity contribution < 1.29 is 9.31 Å². The Kier molecular flexibility index (Phi) is 2.44. The minimum atomic E-state index is -0.307. The topological polar surface area (TPSA) is 36.3 Å². The summed E-state index contributed by atoms with van der Waals surface area (Å²) in [5, 5.41) is 4.21. The van der Waals surface area contributed by atoms with Gasteiger partial charge in [0.05, 0.1) is 11.2 Å². The maximum atomic E-state index is 5.97. The standard InChI is InChI=1S/C11H19BN2O2/c1-8-9(7-13-14(8)6)12-15-10(2,3)11(4,5)16-12/h7H,1-6H3. The molecule has 0 atom stereocenters. The molecule has 1 aromatic heterocycles. The minimum Gasteiger partial charge on any atom is -0.399 e. The van der Waals surface area contributed by atoms with Crippen molar-refractivity contribution in [3.63, 3.8) is 0 Å². The van der Waals surface area contributed by atoms with Crippen LogP contribution in [-0.2, 0) is 16.4 Å². The Hall–Kier alpha value is -0.805. The van der Waals surface area contributed by atoms with E-state index in [0.29, 0.717) is 0 Å². The van der Waals surface area contributed by atoms with Crippen molar-refractivity contribution in [1.82, 2.24) is 9.78 Å². The van der Waals surface area contributed by atoms with E-state index in [4.69, 9.17) is 9.31 Å². The molecule has 2 heterocycles. The van der Waals surface area contributed by atoms with Gasteiger partial charge >= 0.3 is 7.12 Å². The predicted octanol–water partition coefficient (Wildman–Crippen LogP) is 1.03. The fraction of sp³-hybridized carbons (Fsp3) is 0.727. The van der Waals surface area contributed by atoms with Crippen molar-refractivity contribution in [2.45, 2.75) is 45.8 Å². The Labute approximate surface area is 97.1 Å². The Morgan fingerprint density at radius 2 is 1.69 bits per heavy atom. The summed E-state index contributed by atoms with van der Waals surface area (Å²) in [4.78, 5) is 0. The van der Waals surface area contributed by atoms with Gasteiger partial charge in [0.2, 0.25) is 0 Å². The third-order valence-corrected chi connectivity index (χ3v) is 3.78. The SMILES string of the molecule is Cc1c(B2OC(C)(C)C(C)(C)O2)cnn1C. The lowest BCUT2D eigenvalue weighted by Crippen LogP contribution is -2.41. The molecular formula is C11H19BN2O2. The van der Waals surface area contributed by atoms with Crippen LogP contribution in [0.2, 0.25) is 0 Å². The van der Waals surface area contributed by atoms with Crippen LogP contribution < -0.4 is 5.46 Å². The van der Waals surface area contributed by atoms with Crippen LogP contribution in [0.4, 0.5) is 0 Å². The van der Waals surface area contributed by atoms with E-state index in [9.17, 15) is 0 Å². The van der Waals surface area contributed by atoms with Gasteiger partial charge in [-0.3, -0.25) is 4.68 Å². The van der Waals surface area contributed by atoms with Crippen molar-refractivity contribution in [2.75, 3.05) is 0 Å². The maximum Gasteiger partial charge on any atom is 0.498 e. The molecule has 0 unspecified atom stereocenters. The van der Waals surface area contributed by atoms with Gasteiger partial charge in [0, 0.05) is 24.4 Å². The zero-order valence-corrected chi connectivity index (χ0v) is 10.9. The molecule has 4 nitrogen and oxygen atoms in total. The summed E-state index contributed by atoms with van der Waals surface area (Å²) in [5.41, 5.74) is 1.51. The molecule has 1 saturated heterocycles. The summed E-state index contributed by atoms with van der Waals surface area (Å²) < 4.78 is 13.8. The highest BCUT2D eigenvalue weighted by molar-refractivity contribution is 6.62. The van der Waals surface area contributed by atoms with E-state index in [1.54, 1.807) is 0 Å². The zero-order chi connectivity index (χ0) is 12.1. The summed E-state index contributed by atoms with van der Waals surface area (Å²) in [7, 11) is 1.61. The molecule has 0 spiro atoms. The van der Waals surface area contributed by atoms with Gasteiger partial charge in [0.25, 0.3) is 0 Å². The van der Waals surface area contributed by atoms with Crippen LogP contribution in [0.5, 0.6) is 0 Å². The molecule has 0 aliphatic carbocycles. The summed E-state index contributed by atoms with van der Waals surface area (Å²) in [6.07, 6.45) is 1.82. The minimum absolute atomic E-state index is 0.292. The third kappa shape index (κ3) is 1.58. The fourth-order valence-electron chi connectivity index (χ4n) is 1.72. The van der Waals surface area contributed by atoms with E-state index >= 15 is 0 Å². The van der Waals surface area contributed by atoms with Gasteiger partial charge in [-0.1, -0.05) is 0 Å². The Bertz CT molecular complexity index is 396. The van der Waals surface area contributed by atoms with Crippen molar-refractivity contribution >= 4 is 12.6 Å². The second kappa shape index (κ2) is 3.34. The largest absolute Gasteiger partial charge is 0.498 e. The first-order valence-electron chi connectivity index (χ1n) is 5.59. The van der Waals surface area contributed by atoms with Crippen LogP contribution in [0.25, 0.3) is 0 Å². The van der Waals surface area contributed by atoms with E-state index in [-0.39, 0.29) is 18.3 Å². The van der Waals surface area contributed by atoms with E-state index in [0.717, 1.165) is 11.2 Å². The molecule has 1 aliphatic heterocycles. The molecule has 16 heavy (non-hydrogen) atoms. The van der Waals surface area contributed by atoms with Crippen LogP contribution in [0.15, 0.2) is 6.20 Å². The number of hydrogen-bond acceptors (Lipinski definition) is 3. The van der Waals surface area contributed by atoms with Gasteiger partial charge in [0.1, 0.15) is 0 Å². The number of hydrogen-bond donors (Lipinski definition) is 0. The van der Waals surface area contributed by atoms with Crippen LogP contribution in [0.1, 0.15) is 33.4 Å². The second-order valence-corrected chi connectivity index (χ2v) is 5.40. The van der Waals surface area contributed by atoms with Gasteiger partial charge in [0.15, 0.2) is 0 Å². The number of aromatic nitrogens is 2. The monoisotopic (exact) mass is 222 g/mol. The van der Waals surface area contributed by atoms with Crippen molar-refractivity contribution in [1.29, 1.82) is 0 Å². The van der Waals surface area contributed by atoms with E-state index < -0.39 is 0 Å². The van der Waals surface area contributed by atoms with Gasteiger partial charge < -0.3 is 9.31 Å². The molecule has 88 valence electrons. The van der Waals surface area contributed by atoms with Gasteiger partial charge in [-0.2, -0.15) is 5.10 Å². The first kappa shape index (κ1) is 11.7. The lowest BCUT2D eigenvalue weighted by atomic mass is 9.79.